The standard InChI is InChI=1S/C24H27NO6/c1-24(2,3)25(20(22(28)29)12-13-21(26)27)23(30)31-14-19-17-10-6-4-8-15(17)16-9-5-7-11-18(16)19/h4-11,19-20H,12-14H2,1-3H3,(H,26,27)(H,28,29)/t20-/m0/s1. The van der Waals surface area contributed by atoms with E-state index in [4.69, 9.17) is 9.84 Å². The van der Waals surface area contributed by atoms with Crippen LogP contribution < -0.4 is 0 Å². The molecule has 0 unspecified atom stereocenters. The van der Waals surface area contributed by atoms with E-state index in [9.17, 15) is 19.5 Å². The zero-order chi connectivity index (χ0) is 22.8. The van der Waals surface area contributed by atoms with Gasteiger partial charge < -0.3 is 14.9 Å². The Hall–Kier alpha value is -3.35. The van der Waals surface area contributed by atoms with Gasteiger partial charge in [0.2, 0.25) is 0 Å². The molecule has 1 amide bonds. The molecule has 0 radical (unpaired) electrons. The van der Waals surface area contributed by atoms with Crippen molar-refractivity contribution in [3.8, 4) is 11.1 Å². The van der Waals surface area contributed by atoms with Crippen molar-refractivity contribution < 1.29 is 29.3 Å². The minimum Gasteiger partial charge on any atom is -0.481 e. The van der Waals surface area contributed by atoms with Crippen LogP contribution in [0.2, 0.25) is 0 Å². The summed E-state index contributed by atoms with van der Waals surface area (Å²) in [7, 11) is 0. The summed E-state index contributed by atoms with van der Waals surface area (Å²) in [6, 6.07) is 14.6. The second kappa shape index (κ2) is 8.79. The van der Waals surface area contributed by atoms with Crippen LogP contribution in [0, 0.1) is 0 Å². The summed E-state index contributed by atoms with van der Waals surface area (Å²) in [5.41, 5.74) is 3.43. The van der Waals surface area contributed by atoms with E-state index in [0.717, 1.165) is 27.2 Å². The fraction of sp³-hybridized carbons (Fsp3) is 0.375. The van der Waals surface area contributed by atoms with Crippen LogP contribution in [0.15, 0.2) is 48.5 Å². The van der Waals surface area contributed by atoms with Crippen LogP contribution in [0.1, 0.15) is 50.7 Å². The second-order valence-electron chi connectivity index (χ2n) is 8.63. The first-order chi connectivity index (χ1) is 14.6. The van der Waals surface area contributed by atoms with Gasteiger partial charge in [-0.3, -0.25) is 9.69 Å². The first kappa shape index (κ1) is 22.3. The number of hydrogen-bond acceptors (Lipinski definition) is 4. The van der Waals surface area contributed by atoms with Crippen LogP contribution >= 0.6 is 0 Å². The topological polar surface area (TPSA) is 104 Å². The van der Waals surface area contributed by atoms with Crippen molar-refractivity contribution in [1.82, 2.24) is 4.90 Å². The zero-order valence-corrected chi connectivity index (χ0v) is 17.9. The maximum atomic E-state index is 13.1. The van der Waals surface area contributed by atoms with E-state index in [1.54, 1.807) is 20.8 Å². The Morgan fingerprint density at radius 3 is 1.94 bits per heavy atom. The Bertz CT molecular complexity index is 948. The van der Waals surface area contributed by atoms with Gasteiger partial charge in [0.05, 0.1) is 0 Å². The van der Waals surface area contributed by atoms with Crippen molar-refractivity contribution in [1.29, 1.82) is 0 Å². The number of amides is 1. The monoisotopic (exact) mass is 425 g/mol. The fourth-order valence-corrected chi connectivity index (χ4v) is 4.16. The molecule has 1 aliphatic rings. The number of hydrogen-bond donors (Lipinski definition) is 2. The van der Waals surface area contributed by atoms with E-state index in [-0.39, 0.29) is 25.4 Å². The van der Waals surface area contributed by atoms with Crippen LogP contribution in [0.4, 0.5) is 4.79 Å². The summed E-state index contributed by atoms with van der Waals surface area (Å²) in [5, 5.41) is 18.6. The molecule has 3 rings (SSSR count). The quantitative estimate of drug-likeness (QED) is 0.683. The van der Waals surface area contributed by atoms with E-state index in [1.807, 2.05) is 48.5 Å². The number of carbonyl (C=O) groups excluding carboxylic acids is 1. The molecular weight excluding hydrogens is 398 g/mol. The molecule has 164 valence electrons. The van der Waals surface area contributed by atoms with E-state index in [2.05, 4.69) is 0 Å². The number of ether oxygens (including phenoxy) is 1. The van der Waals surface area contributed by atoms with Crippen molar-refractivity contribution >= 4 is 18.0 Å². The molecule has 0 fully saturated rings. The molecule has 7 heteroatoms. The highest BCUT2D eigenvalue weighted by Gasteiger charge is 2.39. The summed E-state index contributed by atoms with van der Waals surface area (Å²) < 4.78 is 5.64. The molecule has 0 heterocycles. The lowest BCUT2D eigenvalue weighted by molar-refractivity contribution is -0.146. The average molecular weight is 425 g/mol. The second-order valence-corrected chi connectivity index (χ2v) is 8.63. The minimum atomic E-state index is -1.30. The maximum absolute atomic E-state index is 13.1. The normalized spacial score (nSPS) is 13.8. The average Bonchev–Trinajstić information content (AvgIpc) is 3.02. The van der Waals surface area contributed by atoms with Gasteiger partial charge in [-0.1, -0.05) is 48.5 Å². The number of carboxylic acids is 2. The highest BCUT2D eigenvalue weighted by Crippen LogP contribution is 2.44. The van der Waals surface area contributed by atoms with E-state index in [1.165, 1.54) is 0 Å². The fourth-order valence-electron chi connectivity index (χ4n) is 4.16. The van der Waals surface area contributed by atoms with E-state index >= 15 is 0 Å². The van der Waals surface area contributed by atoms with Crippen molar-refractivity contribution in [2.75, 3.05) is 6.61 Å². The molecule has 1 atom stereocenters. The summed E-state index contributed by atoms with van der Waals surface area (Å²) in [5.74, 6) is -2.53. The third-order valence-corrected chi connectivity index (χ3v) is 5.48. The molecular formula is C24H27NO6. The van der Waals surface area contributed by atoms with Crippen molar-refractivity contribution in [2.24, 2.45) is 0 Å². The first-order valence-electron chi connectivity index (χ1n) is 10.2. The molecule has 0 aliphatic heterocycles. The summed E-state index contributed by atoms with van der Waals surface area (Å²) in [6.45, 7) is 5.16. The van der Waals surface area contributed by atoms with Crippen LogP contribution in [0.3, 0.4) is 0 Å². The molecule has 7 nitrogen and oxygen atoms in total. The van der Waals surface area contributed by atoms with Gasteiger partial charge in [0.1, 0.15) is 12.6 Å². The summed E-state index contributed by atoms with van der Waals surface area (Å²) in [4.78, 5) is 37.0. The van der Waals surface area contributed by atoms with Crippen LogP contribution in [-0.4, -0.2) is 51.3 Å². The number of fused-ring (bicyclic) bond motifs is 3. The van der Waals surface area contributed by atoms with Crippen LogP contribution in [0.5, 0.6) is 0 Å². The van der Waals surface area contributed by atoms with E-state index < -0.39 is 29.6 Å². The molecule has 31 heavy (non-hydrogen) atoms. The lowest BCUT2D eigenvalue weighted by Gasteiger charge is -2.39. The number of carboxylic acid groups (broad SMARTS) is 2. The predicted octanol–water partition coefficient (Wildman–Crippen LogP) is 4.35. The van der Waals surface area contributed by atoms with Gasteiger partial charge >= 0.3 is 18.0 Å². The number of nitrogens with zero attached hydrogens (tertiary/aromatic N) is 1. The molecule has 0 aromatic heterocycles. The maximum Gasteiger partial charge on any atom is 0.410 e. The number of aliphatic carboxylic acids is 2. The van der Waals surface area contributed by atoms with Crippen LogP contribution in [0.25, 0.3) is 11.1 Å². The van der Waals surface area contributed by atoms with Crippen molar-refractivity contribution in [3.63, 3.8) is 0 Å². The highest BCUT2D eigenvalue weighted by molar-refractivity contribution is 5.82. The van der Waals surface area contributed by atoms with Gasteiger partial charge in [0.15, 0.2) is 0 Å². The molecule has 0 saturated carbocycles. The molecule has 0 saturated heterocycles. The molecule has 2 N–H and O–H groups in total. The van der Waals surface area contributed by atoms with Crippen LogP contribution in [-0.2, 0) is 14.3 Å². The number of carbonyl (C=O) groups is 3. The SMILES string of the molecule is CC(C)(C)N(C(=O)OCC1c2ccccc2-c2ccccc21)[C@@H](CCC(=O)O)C(=O)O. The predicted molar refractivity (Wildman–Crippen MR) is 115 cm³/mol. The first-order valence-corrected chi connectivity index (χ1v) is 10.2. The molecule has 0 bridgehead atoms. The van der Waals surface area contributed by atoms with Gasteiger partial charge in [0.25, 0.3) is 0 Å². The number of benzene rings is 2. The zero-order valence-electron chi connectivity index (χ0n) is 17.9. The molecule has 0 spiro atoms. The smallest absolute Gasteiger partial charge is 0.410 e. The molecule has 2 aromatic carbocycles. The van der Waals surface area contributed by atoms with Crippen molar-refractivity contribution in [3.05, 3.63) is 59.7 Å². The molecule has 2 aromatic rings. The minimum absolute atomic E-state index is 0.0602. The Morgan fingerprint density at radius 1 is 0.968 bits per heavy atom. The largest absolute Gasteiger partial charge is 0.481 e. The highest BCUT2D eigenvalue weighted by atomic mass is 16.6. The molecule has 1 aliphatic carbocycles. The Kier molecular flexibility index (Phi) is 6.34. The third kappa shape index (κ3) is 4.71. The Labute approximate surface area is 181 Å². The Balaban J connectivity index is 1.83. The number of rotatable bonds is 7. The third-order valence-electron chi connectivity index (χ3n) is 5.48. The summed E-state index contributed by atoms with van der Waals surface area (Å²) >= 11 is 0. The lowest BCUT2D eigenvalue weighted by atomic mass is 9.98. The summed E-state index contributed by atoms with van der Waals surface area (Å²) in [6.07, 6.45) is -1.33. The van der Waals surface area contributed by atoms with Gasteiger partial charge in [-0.15, -0.1) is 0 Å². The van der Waals surface area contributed by atoms with Gasteiger partial charge in [-0.2, -0.15) is 0 Å². The van der Waals surface area contributed by atoms with E-state index in [0.29, 0.717) is 0 Å². The lowest BCUT2D eigenvalue weighted by Crippen LogP contribution is -2.55. The van der Waals surface area contributed by atoms with Gasteiger partial charge in [0, 0.05) is 17.9 Å². The van der Waals surface area contributed by atoms with Gasteiger partial charge in [-0.25, -0.2) is 9.59 Å². The van der Waals surface area contributed by atoms with Gasteiger partial charge in [-0.05, 0) is 49.4 Å². The Morgan fingerprint density at radius 2 is 1.48 bits per heavy atom. The van der Waals surface area contributed by atoms with Crippen molar-refractivity contribution in [2.45, 2.75) is 51.1 Å².